The van der Waals surface area contributed by atoms with Crippen LogP contribution in [0.3, 0.4) is 0 Å². The van der Waals surface area contributed by atoms with Crippen molar-refractivity contribution >= 4 is 17.4 Å². The molecule has 0 radical (unpaired) electrons. The van der Waals surface area contributed by atoms with Crippen molar-refractivity contribution in [3.63, 3.8) is 0 Å². The molecular formula is C21H15F4N5O2. The molecule has 0 fully saturated rings. The van der Waals surface area contributed by atoms with E-state index in [2.05, 4.69) is 25.1 Å². The molecule has 1 N–H and O–H groups in total. The Morgan fingerprint density at radius 1 is 1.12 bits per heavy atom. The SMILES string of the molecule is Cc1nc2c(C)cc(-c3ccccc3OC(F)(F)F)nn2c1C(=O)Nc1ccc(F)cn1. The molecule has 0 aliphatic rings. The number of para-hydroxylation sites is 1. The van der Waals surface area contributed by atoms with Crippen LogP contribution in [0.2, 0.25) is 0 Å². The maximum Gasteiger partial charge on any atom is 0.573 e. The van der Waals surface area contributed by atoms with Gasteiger partial charge in [-0.3, -0.25) is 4.79 Å². The number of alkyl halides is 3. The number of ether oxygens (including phenoxy) is 1. The van der Waals surface area contributed by atoms with Gasteiger partial charge in [-0.1, -0.05) is 12.1 Å². The largest absolute Gasteiger partial charge is 0.573 e. The highest BCUT2D eigenvalue weighted by molar-refractivity contribution is 6.04. The van der Waals surface area contributed by atoms with Crippen LogP contribution in [0.4, 0.5) is 23.4 Å². The lowest BCUT2D eigenvalue weighted by molar-refractivity contribution is -0.274. The molecule has 4 rings (SSSR count). The van der Waals surface area contributed by atoms with Crippen LogP contribution in [0.5, 0.6) is 5.75 Å². The summed E-state index contributed by atoms with van der Waals surface area (Å²) in [6.45, 7) is 3.30. The summed E-state index contributed by atoms with van der Waals surface area (Å²) in [5.41, 5.74) is 1.59. The van der Waals surface area contributed by atoms with Gasteiger partial charge in [-0.15, -0.1) is 13.2 Å². The number of fused-ring (bicyclic) bond motifs is 1. The number of pyridine rings is 1. The average molecular weight is 445 g/mol. The molecule has 11 heteroatoms. The Kier molecular flexibility index (Phi) is 5.25. The summed E-state index contributed by atoms with van der Waals surface area (Å²) in [5.74, 6) is -1.49. The van der Waals surface area contributed by atoms with E-state index in [0.29, 0.717) is 16.9 Å². The van der Waals surface area contributed by atoms with E-state index in [1.807, 2.05) is 0 Å². The second-order valence-electron chi connectivity index (χ2n) is 6.85. The summed E-state index contributed by atoms with van der Waals surface area (Å²) in [7, 11) is 0. The molecule has 164 valence electrons. The van der Waals surface area contributed by atoms with Crippen molar-refractivity contribution in [1.82, 2.24) is 19.6 Å². The van der Waals surface area contributed by atoms with Gasteiger partial charge in [0.25, 0.3) is 5.91 Å². The van der Waals surface area contributed by atoms with Gasteiger partial charge in [0.2, 0.25) is 0 Å². The number of nitrogens with one attached hydrogen (secondary N) is 1. The van der Waals surface area contributed by atoms with Crippen LogP contribution in [0.1, 0.15) is 21.7 Å². The molecule has 1 aromatic carbocycles. The average Bonchev–Trinajstić information content (AvgIpc) is 3.05. The first kappa shape index (κ1) is 21.2. The van der Waals surface area contributed by atoms with Crippen molar-refractivity contribution in [2.45, 2.75) is 20.2 Å². The number of rotatable bonds is 4. The first-order valence-corrected chi connectivity index (χ1v) is 9.27. The fraction of sp³-hybridized carbons (Fsp3) is 0.143. The number of anilines is 1. The molecule has 0 saturated carbocycles. The number of amides is 1. The third-order valence-corrected chi connectivity index (χ3v) is 4.52. The van der Waals surface area contributed by atoms with Gasteiger partial charge in [-0.05, 0) is 49.7 Å². The standard InChI is InChI=1S/C21H15F4N5O2/c1-11-9-15(14-5-3-4-6-16(14)32-21(23,24)25)29-30-18(12(2)27-19(11)30)20(31)28-17-8-7-13(22)10-26-17/h3-10H,1-2H3,(H,26,28,31). The first-order valence-electron chi connectivity index (χ1n) is 9.27. The zero-order valence-corrected chi connectivity index (χ0v) is 16.7. The highest BCUT2D eigenvalue weighted by Crippen LogP contribution is 2.33. The molecule has 3 aromatic heterocycles. The monoisotopic (exact) mass is 445 g/mol. The molecule has 0 spiro atoms. The third-order valence-electron chi connectivity index (χ3n) is 4.52. The summed E-state index contributed by atoms with van der Waals surface area (Å²) in [6.07, 6.45) is -3.93. The Morgan fingerprint density at radius 2 is 1.88 bits per heavy atom. The van der Waals surface area contributed by atoms with Crippen LogP contribution < -0.4 is 10.1 Å². The van der Waals surface area contributed by atoms with Crippen molar-refractivity contribution in [3.8, 4) is 17.0 Å². The molecule has 0 saturated heterocycles. The topological polar surface area (TPSA) is 81.4 Å². The van der Waals surface area contributed by atoms with Crippen molar-refractivity contribution in [2.75, 3.05) is 5.32 Å². The van der Waals surface area contributed by atoms with Crippen molar-refractivity contribution in [2.24, 2.45) is 0 Å². The van der Waals surface area contributed by atoms with Gasteiger partial charge in [-0.2, -0.15) is 5.10 Å². The third kappa shape index (κ3) is 4.22. The molecule has 1 amide bonds. The van der Waals surface area contributed by atoms with E-state index in [0.717, 1.165) is 12.3 Å². The Labute approximate surface area is 178 Å². The van der Waals surface area contributed by atoms with Gasteiger partial charge in [0.05, 0.1) is 17.6 Å². The minimum Gasteiger partial charge on any atom is -0.405 e. The van der Waals surface area contributed by atoms with Crippen molar-refractivity contribution in [1.29, 1.82) is 0 Å². The Hall–Kier alpha value is -4.02. The zero-order valence-electron chi connectivity index (χ0n) is 16.7. The Bertz CT molecular complexity index is 1320. The van der Waals surface area contributed by atoms with Crippen LogP contribution >= 0.6 is 0 Å². The van der Waals surface area contributed by atoms with E-state index >= 15 is 0 Å². The minimum atomic E-state index is -4.88. The molecule has 3 heterocycles. The Morgan fingerprint density at radius 3 is 2.56 bits per heavy atom. The summed E-state index contributed by atoms with van der Waals surface area (Å²) in [6, 6.07) is 9.56. The van der Waals surface area contributed by atoms with Crippen LogP contribution in [-0.4, -0.2) is 31.9 Å². The maximum absolute atomic E-state index is 13.1. The molecule has 0 bridgehead atoms. The molecule has 7 nitrogen and oxygen atoms in total. The van der Waals surface area contributed by atoms with E-state index in [1.54, 1.807) is 26.0 Å². The molecule has 0 unspecified atom stereocenters. The molecule has 32 heavy (non-hydrogen) atoms. The number of aromatic nitrogens is 4. The number of imidazole rings is 1. The van der Waals surface area contributed by atoms with E-state index in [1.165, 1.54) is 28.8 Å². The number of carbonyl (C=O) groups is 1. The van der Waals surface area contributed by atoms with Gasteiger partial charge in [0, 0.05) is 5.56 Å². The molecule has 4 aromatic rings. The predicted octanol–water partition coefficient (Wildman–Crippen LogP) is 4.70. The molecule has 0 aliphatic carbocycles. The lowest BCUT2D eigenvalue weighted by atomic mass is 10.1. The highest BCUT2D eigenvalue weighted by Gasteiger charge is 2.32. The van der Waals surface area contributed by atoms with Gasteiger partial charge in [0.15, 0.2) is 11.3 Å². The van der Waals surface area contributed by atoms with E-state index in [-0.39, 0.29) is 22.8 Å². The number of hydrogen-bond acceptors (Lipinski definition) is 5. The number of halogens is 4. The van der Waals surface area contributed by atoms with Crippen molar-refractivity contribution < 1.29 is 27.1 Å². The van der Waals surface area contributed by atoms with E-state index in [9.17, 15) is 22.4 Å². The summed E-state index contributed by atoms with van der Waals surface area (Å²) in [5, 5.41) is 6.89. The lowest BCUT2D eigenvalue weighted by Gasteiger charge is -2.13. The van der Waals surface area contributed by atoms with Crippen LogP contribution in [0, 0.1) is 19.7 Å². The van der Waals surface area contributed by atoms with Crippen molar-refractivity contribution in [3.05, 3.63) is 71.4 Å². The quantitative estimate of drug-likeness (QED) is 0.461. The number of nitrogens with zero attached hydrogens (tertiary/aromatic N) is 4. The highest BCUT2D eigenvalue weighted by atomic mass is 19.4. The zero-order chi connectivity index (χ0) is 23.0. The van der Waals surface area contributed by atoms with Crippen LogP contribution in [-0.2, 0) is 0 Å². The number of hydrogen-bond donors (Lipinski definition) is 1. The number of aryl methyl sites for hydroxylation is 2. The fourth-order valence-corrected chi connectivity index (χ4v) is 3.19. The first-order chi connectivity index (χ1) is 15.1. The second kappa shape index (κ2) is 7.91. The number of carbonyl (C=O) groups excluding carboxylic acids is 1. The van der Waals surface area contributed by atoms with Gasteiger partial charge < -0.3 is 10.1 Å². The summed E-state index contributed by atoms with van der Waals surface area (Å²) >= 11 is 0. The normalized spacial score (nSPS) is 11.6. The van der Waals surface area contributed by atoms with Crippen LogP contribution in [0.25, 0.3) is 16.9 Å². The van der Waals surface area contributed by atoms with Gasteiger partial charge in [0.1, 0.15) is 17.4 Å². The fourth-order valence-electron chi connectivity index (χ4n) is 3.19. The minimum absolute atomic E-state index is 0.0605. The molecule has 0 aliphatic heterocycles. The van der Waals surface area contributed by atoms with Gasteiger partial charge in [-0.25, -0.2) is 18.9 Å². The Balaban J connectivity index is 1.80. The molecular weight excluding hydrogens is 430 g/mol. The lowest BCUT2D eigenvalue weighted by Crippen LogP contribution is -2.18. The second-order valence-corrected chi connectivity index (χ2v) is 6.85. The van der Waals surface area contributed by atoms with Gasteiger partial charge >= 0.3 is 6.36 Å². The summed E-state index contributed by atoms with van der Waals surface area (Å²) < 4.78 is 57.0. The summed E-state index contributed by atoms with van der Waals surface area (Å²) in [4.78, 5) is 21.0. The van der Waals surface area contributed by atoms with E-state index in [4.69, 9.17) is 0 Å². The van der Waals surface area contributed by atoms with E-state index < -0.39 is 23.8 Å². The molecule has 0 atom stereocenters. The number of benzene rings is 1. The van der Waals surface area contributed by atoms with Crippen LogP contribution in [0.15, 0.2) is 48.7 Å². The smallest absolute Gasteiger partial charge is 0.405 e. The predicted molar refractivity (Wildman–Crippen MR) is 107 cm³/mol. The maximum atomic E-state index is 13.1.